The van der Waals surface area contributed by atoms with Crippen LogP contribution in [-0.2, 0) is 16.6 Å². The highest BCUT2D eigenvalue weighted by molar-refractivity contribution is 7.92. The fraction of sp³-hybridized carbons (Fsp3) is 0.286. The van der Waals surface area contributed by atoms with Gasteiger partial charge in [0.1, 0.15) is 11.9 Å². The Bertz CT molecular complexity index is 1660. The molecule has 0 saturated carbocycles. The van der Waals surface area contributed by atoms with Crippen LogP contribution in [0.5, 0.6) is 5.75 Å². The minimum absolute atomic E-state index is 0.0414. The van der Waals surface area contributed by atoms with Gasteiger partial charge in [0.05, 0.1) is 23.1 Å². The second-order valence-corrected chi connectivity index (χ2v) is 13.2. The number of anilines is 1. The number of amides is 1. The Balaban J connectivity index is 1.36. The number of sulfonamides is 1. The van der Waals surface area contributed by atoms with Crippen LogP contribution < -0.4 is 9.46 Å². The second kappa shape index (κ2) is 13.6. The van der Waals surface area contributed by atoms with Crippen molar-refractivity contribution in [1.82, 2.24) is 9.80 Å². The molecule has 230 valence electrons. The fourth-order valence-electron chi connectivity index (χ4n) is 5.43. The molecule has 0 aromatic heterocycles. The summed E-state index contributed by atoms with van der Waals surface area (Å²) in [5.41, 5.74) is 4.01. The first-order chi connectivity index (χ1) is 21.1. The number of fused-ring (bicyclic) bond motifs is 1. The Hall–Kier alpha value is -4.18. The molecule has 0 fully saturated rings. The van der Waals surface area contributed by atoms with Crippen LogP contribution >= 0.6 is 0 Å². The van der Waals surface area contributed by atoms with Gasteiger partial charge in [0.25, 0.3) is 15.9 Å². The summed E-state index contributed by atoms with van der Waals surface area (Å²) in [6.45, 7) is 5.34. The molecule has 0 unspecified atom stereocenters. The molecular formula is C35H39N3O5S. The molecule has 2 N–H and O–H groups in total. The van der Waals surface area contributed by atoms with E-state index >= 15 is 0 Å². The first-order valence-electron chi connectivity index (χ1n) is 14.8. The summed E-state index contributed by atoms with van der Waals surface area (Å²) in [5, 5.41) is 9.98. The van der Waals surface area contributed by atoms with Gasteiger partial charge in [0, 0.05) is 31.2 Å². The van der Waals surface area contributed by atoms with Crippen LogP contribution in [0.1, 0.15) is 29.8 Å². The van der Waals surface area contributed by atoms with E-state index in [1.54, 1.807) is 42.2 Å². The molecule has 1 amide bonds. The standard InChI is InChI=1S/C35H39N3O5S/c1-25-21-38(26(2)24-39)35(40)32-20-30(36-44(41,42)31-12-8-5-9-13-31)18-19-33(32)43-34(25)23-37(3)22-27-14-16-29(17-15-27)28-10-6-4-7-11-28/h4-20,25-26,34,36,39H,21-24H2,1-3H3/t25-,26+,34-/m0/s1. The van der Waals surface area contributed by atoms with Gasteiger partial charge in [-0.1, -0.05) is 79.7 Å². The lowest BCUT2D eigenvalue weighted by atomic mass is 9.99. The van der Waals surface area contributed by atoms with Crippen LogP contribution in [-0.4, -0.2) is 68.1 Å². The largest absolute Gasteiger partial charge is 0.488 e. The van der Waals surface area contributed by atoms with E-state index in [0.29, 0.717) is 25.4 Å². The van der Waals surface area contributed by atoms with Gasteiger partial charge in [-0.2, -0.15) is 0 Å². The monoisotopic (exact) mass is 613 g/mol. The molecule has 1 heterocycles. The minimum atomic E-state index is -3.85. The molecule has 1 aliphatic heterocycles. The zero-order valence-corrected chi connectivity index (χ0v) is 26.1. The quantitative estimate of drug-likeness (QED) is 0.245. The van der Waals surface area contributed by atoms with E-state index in [-0.39, 0.29) is 40.7 Å². The molecule has 5 rings (SSSR count). The summed E-state index contributed by atoms with van der Waals surface area (Å²) in [5.74, 6) is 0.0182. The van der Waals surface area contributed by atoms with Gasteiger partial charge in [0.2, 0.25) is 0 Å². The number of aliphatic hydroxyl groups excluding tert-OH is 1. The van der Waals surface area contributed by atoms with E-state index in [9.17, 15) is 18.3 Å². The lowest BCUT2D eigenvalue weighted by Gasteiger charge is -2.38. The lowest BCUT2D eigenvalue weighted by Crippen LogP contribution is -2.49. The summed E-state index contributed by atoms with van der Waals surface area (Å²) in [6.07, 6.45) is -0.268. The third kappa shape index (κ3) is 7.30. The van der Waals surface area contributed by atoms with Gasteiger partial charge in [-0.15, -0.1) is 0 Å². The number of nitrogens with zero attached hydrogens (tertiary/aromatic N) is 2. The van der Waals surface area contributed by atoms with Crippen LogP contribution in [0.25, 0.3) is 11.1 Å². The first-order valence-corrected chi connectivity index (χ1v) is 16.3. The third-order valence-corrected chi connectivity index (χ3v) is 9.37. The average Bonchev–Trinajstić information content (AvgIpc) is 3.03. The van der Waals surface area contributed by atoms with Crippen molar-refractivity contribution in [2.45, 2.75) is 37.4 Å². The maximum Gasteiger partial charge on any atom is 0.261 e. The molecule has 9 heteroatoms. The van der Waals surface area contributed by atoms with E-state index in [4.69, 9.17) is 4.74 Å². The molecule has 0 radical (unpaired) electrons. The highest BCUT2D eigenvalue weighted by Crippen LogP contribution is 2.31. The van der Waals surface area contributed by atoms with Crippen molar-refractivity contribution in [3.63, 3.8) is 0 Å². The zero-order valence-electron chi connectivity index (χ0n) is 25.3. The first kappa shape index (κ1) is 31.3. The number of hydrogen-bond donors (Lipinski definition) is 2. The van der Waals surface area contributed by atoms with Crippen molar-refractivity contribution in [3.05, 3.63) is 114 Å². The number of nitrogens with one attached hydrogen (secondary N) is 1. The van der Waals surface area contributed by atoms with Crippen LogP contribution in [0, 0.1) is 5.92 Å². The van der Waals surface area contributed by atoms with Crippen LogP contribution in [0.15, 0.2) is 108 Å². The Morgan fingerprint density at radius 3 is 2.25 bits per heavy atom. The second-order valence-electron chi connectivity index (χ2n) is 11.5. The van der Waals surface area contributed by atoms with Gasteiger partial charge in [-0.05, 0) is 61.0 Å². The summed E-state index contributed by atoms with van der Waals surface area (Å²) in [4.78, 5) is 17.7. The van der Waals surface area contributed by atoms with Gasteiger partial charge >= 0.3 is 0 Å². The van der Waals surface area contributed by atoms with Gasteiger partial charge < -0.3 is 14.7 Å². The van der Waals surface area contributed by atoms with Crippen LogP contribution in [0.4, 0.5) is 5.69 Å². The van der Waals surface area contributed by atoms with Crippen molar-refractivity contribution in [3.8, 4) is 16.9 Å². The van der Waals surface area contributed by atoms with Crippen molar-refractivity contribution in [2.75, 3.05) is 31.5 Å². The summed E-state index contributed by atoms with van der Waals surface area (Å²) in [6, 6.07) is 31.2. The summed E-state index contributed by atoms with van der Waals surface area (Å²) in [7, 11) is -1.81. The van der Waals surface area contributed by atoms with Crippen molar-refractivity contribution < 1.29 is 23.1 Å². The fourth-order valence-corrected chi connectivity index (χ4v) is 6.50. The maximum absolute atomic E-state index is 13.8. The maximum atomic E-state index is 13.8. The molecule has 0 spiro atoms. The summed E-state index contributed by atoms with van der Waals surface area (Å²) >= 11 is 0. The number of carbonyl (C=O) groups excluding carboxylic acids is 1. The predicted octanol–water partition coefficient (Wildman–Crippen LogP) is 5.51. The Morgan fingerprint density at radius 1 is 0.955 bits per heavy atom. The van der Waals surface area contributed by atoms with E-state index < -0.39 is 16.1 Å². The van der Waals surface area contributed by atoms with Crippen molar-refractivity contribution in [2.24, 2.45) is 5.92 Å². The Labute approximate surface area is 260 Å². The smallest absolute Gasteiger partial charge is 0.261 e. The molecule has 1 aliphatic rings. The molecule has 8 nitrogen and oxygen atoms in total. The number of hydrogen-bond acceptors (Lipinski definition) is 6. The molecule has 0 aliphatic carbocycles. The zero-order chi connectivity index (χ0) is 31.3. The number of likely N-dealkylation sites (N-methyl/N-ethyl adjacent to an activating group) is 1. The lowest BCUT2D eigenvalue weighted by molar-refractivity contribution is 0.0341. The van der Waals surface area contributed by atoms with Crippen LogP contribution in [0.3, 0.4) is 0 Å². The minimum Gasteiger partial charge on any atom is -0.488 e. The SMILES string of the molecule is C[C@H](CO)N1C[C@H](C)[C@H](CN(C)Cc2ccc(-c3ccccc3)cc2)Oc2ccc(NS(=O)(=O)c3ccccc3)cc2C1=O. The van der Waals surface area contributed by atoms with Gasteiger partial charge in [0.15, 0.2) is 0 Å². The molecule has 44 heavy (non-hydrogen) atoms. The number of rotatable bonds is 10. The molecular weight excluding hydrogens is 574 g/mol. The van der Waals surface area contributed by atoms with E-state index in [0.717, 1.165) is 0 Å². The van der Waals surface area contributed by atoms with Crippen molar-refractivity contribution in [1.29, 1.82) is 0 Å². The average molecular weight is 614 g/mol. The van der Waals surface area contributed by atoms with Gasteiger partial charge in [-0.3, -0.25) is 14.4 Å². The predicted molar refractivity (Wildman–Crippen MR) is 173 cm³/mol. The molecule has 4 aromatic rings. The van der Waals surface area contributed by atoms with E-state index in [2.05, 4.69) is 46.0 Å². The number of carbonyl (C=O) groups is 1. The highest BCUT2D eigenvalue weighted by atomic mass is 32.2. The molecule has 3 atom stereocenters. The Morgan fingerprint density at radius 2 is 1.59 bits per heavy atom. The van der Waals surface area contributed by atoms with E-state index in [1.165, 1.54) is 34.9 Å². The molecule has 0 saturated heterocycles. The van der Waals surface area contributed by atoms with Crippen LogP contribution in [0.2, 0.25) is 0 Å². The molecule has 0 bridgehead atoms. The number of ether oxygens (including phenoxy) is 1. The molecule has 4 aromatic carbocycles. The Kier molecular flexibility index (Phi) is 9.68. The van der Waals surface area contributed by atoms with Gasteiger partial charge in [-0.25, -0.2) is 8.42 Å². The highest BCUT2D eigenvalue weighted by Gasteiger charge is 2.33. The summed E-state index contributed by atoms with van der Waals surface area (Å²) < 4.78 is 35.0. The topological polar surface area (TPSA) is 99.2 Å². The van der Waals surface area contributed by atoms with E-state index in [1.807, 2.05) is 32.2 Å². The number of aliphatic hydroxyl groups is 1. The number of benzene rings is 4. The normalized spacial score (nSPS) is 17.8. The van der Waals surface area contributed by atoms with Crippen molar-refractivity contribution >= 4 is 21.6 Å². The third-order valence-electron chi connectivity index (χ3n) is 7.98.